The molecule has 398 valence electrons. The Morgan fingerprint density at radius 3 is 1.30 bits per heavy atom. The minimum Gasteiger partial charge on any atom is -0.394 e. The molecule has 1 rings (SSSR count). The van der Waals surface area contributed by atoms with Crippen LogP contribution in [0.2, 0.25) is 0 Å². The number of amides is 1. The molecular formula is C56H109NO10. The van der Waals surface area contributed by atoms with Crippen LogP contribution in [0.3, 0.4) is 0 Å². The number of hydrogen-bond acceptors (Lipinski definition) is 10. The molecule has 1 aliphatic heterocycles. The van der Waals surface area contributed by atoms with E-state index in [4.69, 9.17) is 9.47 Å². The molecule has 8 N–H and O–H groups in total. The van der Waals surface area contributed by atoms with Crippen molar-refractivity contribution in [2.75, 3.05) is 13.2 Å². The van der Waals surface area contributed by atoms with E-state index < -0.39 is 74.2 Å². The number of unbranched alkanes of at least 4 members (excludes halogenated alkanes) is 35. The molecule has 0 aromatic rings. The summed E-state index contributed by atoms with van der Waals surface area (Å²) in [5.74, 6) is -0.705. The highest BCUT2D eigenvalue weighted by Crippen LogP contribution is 2.23. The van der Waals surface area contributed by atoms with E-state index in [-0.39, 0.29) is 6.42 Å². The highest BCUT2D eigenvalue weighted by molar-refractivity contribution is 5.80. The van der Waals surface area contributed by atoms with Crippen molar-refractivity contribution < 1.29 is 50.0 Å². The maximum Gasteiger partial charge on any atom is 0.249 e. The second-order valence-electron chi connectivity index (χ2n) is 20.4. The molecule has 1 amide bonds. The van der Waals surface area contributed by atoms with Gasteiger partial charge in [-0.05, 0) is 32.1 Å². The normalized spacial score (nSPS) is 20.6. The van der Waals surface area contributed by atoms with Crippen LogP contribution in [0.15, 0.2) is 12.2 Å². The van der Waals surface area contributed by atoms with Gasteiger partial charge in [0, 0.05) is 0 Å². The number of rotatable bonds is 49. The standard InChI is InChI=1S/C56H109NO10/c1-3-5-7-9-11-13-15-16-17-18-19-20-21-22-23-24-25-26-27-28-29-30-31-32-33-34-36-37-39-41-43-48(59)51(61)47(46-66-56-54(64)53(63)52(62)50(45-58)67-56)57-55(65)49(60)44-42-40-38-35-14-12-10-8-6-4-2/h10,12,47-54,56,58-64H,3-9,11,13-46H2,1-2H3,(H,57,65)/b12-10-. The van der Waals surface area contributed by atoms with Crippen molar-refractivity contribution in [2.45, 2.75) is 326 Å². The Hall–Kier alpha value is -1.15. The smallest absolute Gasteiger partial charge is 0.249 e. The molecule has 0 bridgehead atoms. The largest absolute Gasteiger partial charge is 0.394 e. The van der Waals surface area contributed by atoms with Gasteiger partial charge in [-0.25, -0.2) is 0 Å². The van der Waals surface area contributed by atoms with Crippen LogP contribution in [0, 0.1) is 0 Å². The zero-order chi connectivity index (χ0) is 49.0. The second kappa shape index (κ2) is 46.0. The molecular weight excluding hydrogens is 847 g/mol. The van der Waals surface area contributed by atoms with Crippen molar-refractivity contribution in [3.8, 4) is 0 Å². The van der Waals surface area contributed by atoms with E-state index in [1.165, 1.54) is 180 Å². The fraction of sp³-hybridized carbons (Fsp3) is 0.946. The molecule has 0 saturated carbocycles. The van der Waals surface area contributed by atoms with Gasteiger partial charge in [-0.15, -0.1) is 0 Å². The van der Waals surface area contributed by atoms with Crippen LogP contribution in [-0.2, 0) is 14.3 Å². The molecule has 1 aliphatic rings. The first-order chi connectivity index (χ1) is 32.7. The number of ether oxygens (including phenoxy) is 2. The van der Waals surface area contributed by atoms with E-state index >= 15 is 0 Å². The van der Waals surface area contributed by atoms with Gasteiger partial charge in [0.15, 0.2) is 6.29 Å². The van der Waals surface area contributed by atoms with Gasteiger partial charge < -0.3 is 50.5 Å². The second-order valence-corrected chi connectivity index (χ2v) is 20.4. The Morgan fingerprint density at radius 1 is 0.507 bits per heavy atom. The number of aliphatic hydroxyl groups excluding tert-OH is 7. The molecule has 67 heavy (non-hydrogen) atoms. The number of hydrogen-bond donors (Lipinski definition) is 8. The number of aliphatic hydroxyl groups is 7. The summed E-state index contributed by atoms with van der Waals surface area (Å²) in [7, 11) is 0. The van der Waals surface area contributed by atoms with Crippen molar-refractivity contribution >= 4 is 5.91 Å². The van der Waals surface area contributed by atoms with Crippen LogP contribution in [0.4, 0.5) is 0 Å². The van der Waals surface area contributed by atoms with Crippen LogP contribution in [-0.4, -0.2) is 110 Å². The quantitative estimate of drug-likeness (QED) is 0.0215. The average molecular weight is 956 g/mol. The Bertz CT molecular complexity index is 1100. The lowest BCUT2D eigenvalue weighted by atomic mass is 9.98. The first-order valence-corrected chi connectivity index (χ1v) is 28.6. The maximum absolute atomic E-state index is 13.1. The number of nitrogens with one attached hydrogen (secondary N) is 1. The van der Waals surface area contributed by atoms with Gasteiger partial charge in [-0.2, -0.15) is 0 Å². The molecule has 0 spiro atoms. The van der Waals surface area contributed by atoms with E-state index in [1.54, 1.807) is 0 Å². The van der Waals surface area contributed by atoms with Gasteiger partial charge in [-0.3, -0.25) is 4.79 Å². The first kappa shape index (κ1) is 63.9. The molecule has 0 aliphatic carbocycles. The lowest BCUT2D eigenvalue weighted by molar-refractivity contribution is -0.303. The zero-order valence-corrected chi connectivity index (χ0v) is 43.4. The molecule has 11 nitrogen and oxygen atoms in total. The lowest BCUT2D eigenvalue weighted by Gasteiger charge is -2.40. The van der Waals surface area contributed by atoms with E-state index in [0.717, 1.165) is 51.4 Å². The zero-order valence-electron chi connectivity index (χ0n) is 43.4. The maximum atomic E-state index is 13.1. The molecule has 9 unspecified atom stereocenters. The Kier molecular flexibility index (Phi) is 43.8. The van der Waals surface area contributed by atoms with Crippen molar-refractivity contribution in [2.24, 2.45) is 0 Å². The van der Waals surface area contributed by atoms with Crippen molar-refractivity contribution in [3.63, 3.8) is 0 Å². The predicted molar refractivity (Wildman–Crippen MR) is 275 cm³/mol. The van der Waals surface area contributed by atoms with Crippen LogP contribution < -0.4 is 5.32 Å². The van der Waals surface area contributed by atoms with E-state index in [9.17, 15) is 40.5 Å². The summed E-state index contributed by atoms with van der Waals surface area (Å²) in [6.45, 7) is 3.41. The van der Waals surface area contributed by atoms with E-state index in [1.807, 2.05) is 0 Å². The van der Waals surface area contributed by atoms with E-state index in [2.05, 4.69) is 31.3 Å². The Labute approximate surface area is 411 Å². The van der Waals surface area contributed by atoms with Gasteiger partial charge in [0.2, 0.25) is 5.91 Å². The third-order valence-corrected chi connectivity index (χ3v) is 14.1. The van der Waals surface area contributed by atoms with Crippen LogP contribution in [0.1, 0.15) is 271 Å². The predicted octanol–water partition coefficient (Wildman–Crippen LogP) is 11.6. The third kappa shape index (κ3) is 34.8. The summed E-state index contributed by atoms with van der Waals surface area (Å²) in [6, 6.07) is -1.17. The monoisotopic (exact) mass is 956 g/mol. The Morgan fingerprint density at radius 2 is 0.881 bits per heavy atom. The molecule has 0 aromatic heterocycles. The molecule has 1 saturated heterocycles. The molecule has 0 radical (unpaired) electrons. The third-order valence-electron chi connectivity index (χ3n) is 14.1. The number of carbonyl (C=O) groups excluding carboxylic acids is 1. The molecule has 0 aromatic carbocycles. The van der Waals surface area contributed by atoms with Crippen LogP contribution in [0.25, 0.3) is 0 Å². The minimum absolute atomic E-state index is 0.247. The summed E-state index contributed by atoms with van der Waals surface area (Å²) in [4.78, 5) is 13.1. The van der Waals surface area contributed by atoms with Gasteiger partial charge in [0.05, 0.1) is 25.4 Å². The first-order valence-electron chi connectivity index (χ1n) is 28.6. The highest BCUT2D eigenvalue weighted by atomic mass is 16.7. The van der Waals surface area contributed by atoms with Crippen molar-refractivity contribution in [1.82, 2.24) is 5.32 Å². The number of allylic oxidation sites excluding steroid dienone is 2. The fourth-order valence-corrected chi connectivity index (χ4v) is 9.37. The minimum atomic E-state index is -1.66. The number of carbonyl (C=O) groups is 1. The molecule has 1 fully saturated rings. The van der Waals surface area contributed by atoms with Gasteiger partial charge >= 0.3 is 0 Å². The Balaban J connectivity index is 2.19. The summed E-state index contributed by atoms with van der Waals surface area (Å²) in [6.07, 6.45) is 41.6. The van der Waals surface area contributed by atoms with Crippen molar-refractivity contribution in [3.05, 3.63) is 12.2 Å². The molecule has 11 heteroatoms. The fourth-order valence-electron chi connectivity index (χ4n) is 9.37. The van der Waals surface area contributed by atoms with Crippen LogP contribution >= 0.6 is 0 Å². The van der Waals surface area contributed by atoms with Gasteiger partial charge in [0.1, 0.15) is 36.6 Å². The molecule has 9 atom stereocenters. The lowest BCUT2D eigenvalue weighted by Crippen LogP contribution is -2.60. The van der Waals surface area contributed by atoms with Gasteiger partial charge in [0.25, 0.3) is 0 Å². The summed E-state index contributed by atoms with van der Waals surface area (Å²) < 4.78 is 11.1. The summed E-state index contributed by atoms with van der Waals surface area (Å²) >= 11 is 0. The summed E-state index contributed by atoms with van der Waals surface area (Å²) in [5, 5.41) is 75.8. The van der Waals surface area contributed by atoms with Gasteiger partial charge in [-0.1, -0.05) is 251 Å². The van der Waals surface area contributed by atoms with Crippen molar-refractivity contribution in [1.29, 1.82) is 0 Å². The summed E-state index contributed by atoms with van der Waals surface area (Å²) in [5.41, 5.74) is 0. The van der Waals surface area contributed by atoms with Crippen LogP contribution in [0.5, 0.6) is 0 Å². The average Bonchev–Trinajstić information content (AvgIpc) is 3.33. The highest BCUT2D eigenvalue weighted by Gasteiger charge is 2.44. The molecule has 1 heterocycles. The SMILES string of the molecule is CCCC/C=C\CCCCCCC(O)C(=O)NC(COC1OC(CO)C(O)C(O)C1O)C(O)C(O)CCCCCCCCCCCCCCCCCCCCCCCCCCCCCCCC. The van der Waals surface area contributed by atoms with E-state index in [0.29, 0.717) is 19.3 Å². The topological polar surface area (TPSA) is 189 Å².